The maximum absolute atomic E-state index is 12.1. The topological polar surface area (TPSA) is 60.9 Å². The third-order valence-corrected chi connectivity index (χ3v) is 4.71. The van der Waals surface area contributed by atoms with E-state index in [1.807, 2.05) is 4.90 Å². The maximum Gasteiger partial charge on any atom is 0.323 e. The van der Waals surface area contributed by atoms with E-state index in [1.54, 1.807) is 7.05 Å². The molecule has 0 aromatic heterocycles. The minimum Gasteiger partial charge on any atom is -0.480 e. The number of piperidine rings is 1. The number of rotatable bonds is 2. The number of urea groups is 1. The van der Waals surface area contributed by atoms with Crippen molar-refractivity contribution in [3.05, 3.63) is 0 Å². The second-order valence-electron chi connectivity index (χ2n) is 6.08. The summed E-state index contributed by atoms with van der Waals surface area (Å²) in [5.74, 6) is -0.961. The van der Waals surface area contributed by atoms with Crippen LogP contribution in [-0.4, -0.2) is 53.6 Å². The second kappa shape index (κ2) is 5.80. The van der Waals surface area contributed by atoms with Crippen molar-refractivity contribution in [2.75, 3.05) is 26.7 Å². The Hall–Kier alpha value is -1.26. The summed E-state index contributed by atoms with van der Waals surface area (Å²) in [7, 11) is 1.56. The quantitative estimate of drug-likeness (QED) is 0.835. The maximum atomic E-state index is 12.1. The van der Waals surface area contributed by atoms with E-state index in [0.29, 0.717) is 5.41 Å². The van der Waals surface area contributed by atoms with Gasteiger partial charge in [-0.2, -0.15) is 0 Å². The summed E-state index contributed by atoms with van der Waals surface area (Å²) < 4.78 is 0. The van der Waals surface area contributed by atoms with Gasteiger partial charge in [0.05, 0.1) is 0 Å². The van der Waals surface area contributed by atoms with E-state index >= 15 is 0 Å². The molecule has 0 unspecified atom stereocenters. The van der Waals surface area contributed by atoms with E-state index in [0.717, 1.165) is 25.9 Å². The molecule has 0 bridgehead atoms. The molecule has 2 rings (SSSR count). The van der Waals surface area contributed by atoms with Gasteiger partial charge in [0.2, 0.25) is 0 Å². The van der Waals surface area contributed by atoms with E-state index in [9.17, 15) is 9.59 Å². The predicted octanol–water partition coefficient (Wildman–Crippen LogP) is 2.17. The van der Waals surface area contributed by atoms with Crippen molar-refractivity contribution < 1.29 is 14.7 Å². The highest BCUT2D eigenvalue weighted by molar-refractivity contribution is 5.80. The summed E-state index contributed by atoms with van der Waals surface area (Å²) in [6.07, 6.45) is 8.78. The molecule has 1 spiro atoms. The van der Waals surface area contributed by atoms with Crippen LogP contribution < -0.4 is 0 Å². The number of carbonyl (C=O) groups excluding carboxylic acids is 1. The van der Waals surface area contributed by atoms with Crippen molar-refractivity contribution in [2.24, 2.45) is 5.41 Å². The number of likely N-dealkylation sites (tertiary alicyclic amines) is 1. The first-order valence-corrected chi connectivity index (χ1v) is 7.24. The van der Waals surface area contributed by atoms with Gasteiger partial charge >= 0.3 is 12.0 Å². The van der Waals surface area contributed by atoms with Crippen molar-refractivity contribution in [2.45, 2.75) is 44.9 Å². The molecular formula is C14H24N2O3. The molecule has 0 aromatic rings. The molecule has 5 heteroatoms. The minimum atomic E-state index is -0.961. The fourth-order valence-electron chi connectivity index (χ4n) is 3.49. The number of carboxylic acid groups (broad SMARTS) is 1. The molecule has 1 aliphatic carbocycles. The van der Waals surface area contributed by atoms with Crippen LogP contribution in [0.4, 0.5) is 4.79 Å². The van der Waals surface area contributed by atoms with E-state index in [1.165, 1.54) is 37.0 Å². The summed E-state index contributed by atoms with van der Waals surface area (Å²) in [6, 6.07) is -0.145. The smallest absolute Gasteiger partial charge is 0.323 e. The Balaban J connectivity index is 1.85. The third kappa shape index (κ3) is 3.39. The van der Waals surface area contributed by atoms with Crippen molar-refractivity contribution in [1.29, 1.82) is 0 Å². The van der Waals surface area contributed by atoms with Crippen LogP contribution in [0.5, 0.6) is 0 Å². The average Bonchev–Trinajstić information content (AvgIpc) is 2.39. The molecule has 0 radical (unpaired) electrons. The van der Waals surface area contributed by atoms with Gasteiger partial charge in [-0.25, -0.2) is 4.79 Å². The van der Waals surface area contributed by atoms with E-state index in [-0.39, 0.29) is 12.6 Å². The van der Waals surface area contributed by atoms with Crippen molar-refractivity contribution in [3.8, 4) is 0 Å². The van der Waals surface area contributed by atoms with Crippen LogP contribution in [0.25, 0.3) is 0 Å². The van der Waals surface area contributed by atoms with E-state index in [4.69, 9.17) is 5.11 Å². The first kappa shape index (κ1) is 14.2. The van der Waals surface area contributed by atoms with Crippen molar-refractivity contribution in [1.82, 2.24) is 9.80 Å². The lowest BCUT2D eigenvalue weighted by atomic mass is 9.68. The Labute approximate surface area is 114 Å². The lowest BCUT2D eigenvalue weighted by Gasteiger charge is -2.44. The molecular weight excluding hydrogens is 244 g/mol. The molecule has 19 heavy (non-hydrogen) atoms. The molecule has 5 nitrogen and oxygen atoms in total. The zero-order valence-electron chi connectivity index (χ0n) is 11.7. The van der Waals surface area contributed by atoms with Crippen LogP contribution in [0.15, 0.2) is 0 Å². The standard InChI is InChI=1S/C14H24N2O3/c1-15(11-12(17)18)13(19)16-9-7-14(8-10-16)5-3-2-4-6-14/h2-11H2,1H3,(H,17,18). The summed E-state index contributed by atoms with van der Waals surface area (Å²) in [5.41, 5.74) is 0.473. The number of likely N-dealkylation sites (N-methyl/N-ethyl adjacent to an activating group) is 1. The van der Waals surface area contributed by atoms with Crippen LogP contribution in [0.3, 0.4) is 0 Å². The van der Waals surface area contributed by atoms with Gasteiger partial charge in [0.1, 0.15) is 6.54 Å². The van der Waals surface area contributed by atoms with Gasteiger partial charge in [-0.05, 0) is 31.1 Å². The zero-order chi connectivity index (χ0) is 13.9. The lowest BCUT2D eigenvalue weighted by Crippen LogP contribution is -2.49. The predicted molar refractivity (Wildman–Crippen MR) is 72.0 cm³/mol. The number of nitrogens with zero attached hydrogens (tertiary/aromatic N) is 2. The van der Waals surface area contributed by atoms with Gasteiger partial charge < -0.3 is 14.9 Å². The largest absolute Gasteiger partial charge is 0.480 e. The van der Waals surface area contributed by atoms with E-state index < -0.39 is 5.97 Å². The Morgan fingerprint density at radius 3 is 2.21 bits per heavy atom. The Morgan fingerprint density at radius 1 is 1.11 bits per heavy atom. The fourth-order valence-corrected chi connectivity index (χ4v) is 3.49. The summed E-state index contributed by atoms with van der Waals surface area (Å²) in [4.78, 5) is 25.8. The average molecular weight is 268 g/mol. The van der Waals surface area contributed by atoms with Gasteiger partial charge in [0.15, 0.2) is 0 Å². The Morgan fingerprint density at radius 2 is 1.68 bits per heavy atom. The van der Waals surface area contributed by atoms with Crippen LogP contribution >= 0.6 is 0 Å². The fraction of sp³-hybridized carbons (Fsp3) is 0.857. The molecule has 1 heterocycles. The highest BCUT2D eigenvalue weighted by Gasteiger charge is 2.37. The molecule has 0 aromatic carbocycles. The number of hydrogen-bond donors (Lipinski definition) is 1. The van der Waals surface area contributed by atoms with Crippen LogP contribution in [-0.2, 0) is 4.79 Å². The first-order chi connectivity index (χ1) is 9.02. The van der Waals surface area contributed by atoms with Crippen LogP contribution in [0.2, 0.25) is 0 Å². The third-order valence-electron chi connectivity index (χ3n) is 4.71. The van der Waals surface area contributed by atoms with Gasteiger partial charge in [0, 0.05) is 20.1 Å². The number of amides is 2. The lowest BCUT2D eigenvalue weighted by molar-refractivity contribution is -0.137. The van der Waals surface area contributed by atoms with E-state index in [2.05, 4.69) is 0 Å². The number of carbonyl (C=O) groups is 2. The van der Waals surface area contributed by atoms with Crippen molar-refractivity contribution in [3.63, 3.8) is 0 Å². The van der Waals surface area contributed by atoms with Gasteiger partial charge in [-0.3, -0.25) is 4.79 Å². The second-order valence-corrected chi connectivity index (χ2v) is 6.08. The van der Waals surface area contributed by atoms with Crippen molar-refractivity contribution >= 4 is 12.0 Å². The summed E-state index contributed by atoms with van der Waals surface area (Å²) in [5, 5.41) is 8.72. The van der Waals surface area contributed by atoms with Gasteiger partial charge in [0.25, 0.3) is 0 Å². The first-order valence-electron chi connectivity index (χ1n) is 7.24. The number of aliphatic carboxylic acids is 1. The Kier molecular flexibility index (Phi) is 4.32. The molecule has 1 saturated heterocycles. The normalized spacial score (nSPS) is 22.3. The molecule has 2 aliphatic rings. The van der Waals surface area contributed by atoms with Gasteiger partial charge in [-0.1, -0.05) is 19.3 Å². The minimum absolute atomic E-state index is 0.145. The summed E-state index contributed by atoms with van der Waals surface area (Å²) >= 11 is 0. The monoisotopic (exact) mass is 268 g/mol. The molecule has 1 saturated carbocycles. The molecule has 108 valence electrons. The molecule has 2 fully saturated rings. The zero-order valence-corrected chi connectivity index (χ0v) is 11.7. The number of hydrogen-bond acceptors (Lipinski definition) is 2. The molecule has 2 amide bonds. The highest BCUT2D eigenvalue weighted by atomic mass is 16.4. The Bertz CT molecular complexity index is 341. The van der Waals surface area contributed by atoms with Gasteiger partial charge in [-0.15, -0.1) is 0 Å². The molecule has 1 N–H and O–H groups in total. The SMILES string of the molecule is CN(CC(=O)O)C(=O)N1CCC2(CCCCC2)CC1. The van der Waals surface area contributed by atoms with Crippen LogP contribution in [0, 0.1) is 5.41 Å². The summed E-state index contributed by atoms with van der Waals surface area (Å²) in [6.45, 7) is 1.34. The van der Waals surface area contributed by atoms with Crippen LogP contribution in [0.1, 0.15) is 44.9 Å². The number of carboxylic acids is 1. The highest BCUT2D eigenvalue weighted by Crippen LogP contribution is 2.44. The molecule has 0 atom stereocenters. The molecule has 1 aliphatic heterocycles.